The van der Waals surface area contributed by atoms with Crippen LogP contribution in [0.15, 0.2) is 18.2 Å². The number of thiazole rings is 1. The van der Waals surface area contributed by atoms with E-state index in [9.17, 15) is 46.1 Å². The van der Waals surface area contributed by atoms with Crippen LogP contribution in [0.25, 0.3) is 10.4 Å². The first-order valence-corrected chi connectivity index (χ1v) is 13.1. The van der Waals surface area contributed by atoms with Crippen LogP contribution in [0.2, 0.25) is 0 Å². The molecule has 39 heavy (non-hydrogen) atoms. The molecule has 1 saturated heterocycles. The number of amides is 2. The van der Waals surface area contributed by atoms with Crippen LogP contribution in [0.3, 0.4) is 0 Å². The number of likely N-dealkylation sites (tertiary alicyclic amines) is 1. The van der Waals surface area contributed by atoms with Crippen LogP contribution in [-0.2, 0) is 5.60 Å². The number of hydrogen-bond donors (Lipinski definition) is 3. The molecule has 1 aromatic heterocycles. The Balaban J connectivity index is 1.76. The average molecular weight is 580 g/mol. The molecule has 14 heteroatoms. The van der Waals surface area contributed by atoms with Crippen LogP contribution >= 0.6 is 11.3 Å². The number of benzene rings is 1. The van der Waals surface area contributed by atoms with Gasteiger partial charge in [-0.1, -0.05) is 18.2 Å². The third kappa shape index (κ3) is 5.25. The summed E-state index contributed by atoms with van der Waals surface area (Å²) < 4.78 is 80.5. The molecule has 4 rings (SSSR count). The van der Waals surface area contributed by atoms with Gasteiger partial charge in [-0.2, -0.15) is 26.3 Å². The number of alkyl halides is 6. The van der Waals surface area contributed by atoms with Gasteiger partial charge < -0.3 is 20.4 Å². The highest BCUT2D eigenvalue weighted by Crippen LogP contribution is 2.50. The summed E-state index contributed by atoms with van der Waals surface area (Å²) in [5.41, 5.74) is -7.72. The van der Waals surface area contributed by atoms with Crippen molar-refractivity contribution in [2.75, 3.05) is 13.1 Å². The van der Waals surface area contributed by atoms with E-state index in [1.54, 1.807) is 4.90 Å². The van der Waals surface area contributed by atoms with Gasteiger partial charge in [-0.05, 0) is 57.1 Å². The highest BCUT2D eigenvalue weighted by atomic mass is 32.1. The lowest BCUT2D eigenvalue weighted by Crippen LogP contribution is -2.53. The molecule has 1 aliphatic carbocycles. The minimum Gasteiger partial charge on any atom is -0.388 e. The van der Waals surface area contributed by atoms with E-state index in [-0.39, 0.29) is 39.3 Å². The van der Waals surface area contributed by atoms with Crippen molar-refractivity contribution in [3.8, 4) is 10.4 Å². The standard InChI is InChI=1S/C25H27F6N3O4S/c1-13-11-15(23(38,24(26,27)28)25(29,30)31)6-7-16(13)18-17(21(36)34-10-3-5-14(34)2)33-20(39-18)19(35)32-12-22(37)8-4-9-22/h6-7,11,14,37-38H,3-5,8-10,12H2,1-2H3,(H,32,35). The van der Waals surface area contributed by atoms with Crippen LogP contribution < -0.4 is 5.32 Å². The highest BCUT2D eigenvalue weighted by molar-refractivity contribution is 7.17. The second-order valence-electron chi connectivity index (χ2n) is 10.2. The van der Waals surface area contributed by atoms with Gasteiger partial charge in [0, 0.05) is 24.7 Å². The predicted octanol–water partition coefficient (Wildman–Crippen LogP) is 4.70. The number of aliphatic hydroxyl groups is 2. The molecule has 2 aliphatic rings. The van der Waals surface area contributed by atoms with E-state index in [1.165, 1.54) is 6.92 Å². The smallest absolute Gasteiger partial charge is 0.388 e. The summed E-state index contributed by atoms with van der Waals surface area (Å²) in [4.78, 5) is 32.1. The molecule has 1 saturated carbocycles. The van der Waals surface area contributed by atoms with Crippen molar-refractivity contribution in [1.29, 1.82) is 0 Å². The molecule has 2 amide bonds. The lowest BCUT2D eigenvalue weighted by molar-refractivity contribution is -0.376. The number of nitrogens with one attached hydrogen (secondary N) is 1. The van der Waals surface area contributed by atoms with Gasteiger partial charge in [-0.3, -0.25) is 9.59 Å². The number of halogens is 6. The Labute approximate surface area is 223 Å². The van der Waals surface area contributed by atoms with Crippen molar-refractivity contribution in [2.45, 2.75) is 75.5 Å². The molecule has 0 spiro atoms. The van der Waals surface area contributed by atoms with E-state index < -0.39 is 40.9 Å². The maximum atomic E-state index is 13.4. The summed E-state index contributed by atoms with van der Waals surface area (Å²) in [6.07, 6.45) is -8.79. The van der Waals surface area contributed by atoms with Crippen molar-refractivity contribution >= 4 is 23.2 Å². The maximum absolute atomic E-state index is 13.4. The van der Waals surface area contributed by atoms with E-state index in [0.717, 1.165) is 36.7 Å². The number of nitrogens with zero attached hydrogens (tertiary/aromatic N) is 2. The SMILES string of the molecule is Cc1cc(C(O)(C(F)(F)F)C(F)(F)F)ccc1-c1sc(C(=O)NCC2(O)CCC2)nc1C(=O)N1CCCC1C. The second-order valence-corrected chi connectivity index (χ2v) is 11.2. The third-order valence-corrected chi connectivity index (χ3v) is 8.50. The first kappa shape index (κ1) is 29.3. The van der Waals surface area contributed by atoms with Crippen LogP contribution in [0, 0.1) is 6.92 Å². The number of carbonyl (C=O) groups is 2. The molecular weight excluding hydrogens is 552 g/mol. The Bertz CT molecular complexity index is 1260. The second kappa shape index (κ2) is 10.0. The zero-order valence-electron chi connectivity index (χ0n) is 21.0. The van der Waals surface area contributed by atoms with Crippen LogP contribution in [-0.4, -0.2) is 69.0 Å². The van der Waals surface area contributed by atoms with E-state index >= 15 is 0 Å². The monoisotopic (exact) mass is 579 g/mol. The van der Waals surface area contributed by atoms with E-state index in [0.29, 0.717) is 31.5 Å². The molecule has 1 unspecified atom stereocenters. The Morgan fingerprint density at radius 2 is 1.79 bits per heavy atom. The summed E-state index contributed by atoms with van der Waals surface area (Å²) in [6.45, 7) is 3.46. The number of rotatable bonds is 6. The van der Waals surface area contributed by atoms with Gasteiger partial charge in [0.05, 0.1) is 10.5 Å². The van der Waals surface area contributed by atoms with Gasteiger partial charge in [0.25, 0.3) is 17.4 Å². The van der Waals surface area contributed by atoms with Crippen molar-refractivity contribution in [2.24, 2.45) is 0 Å². The summed E-state index contributed by atoms with van der Waals surface area (Å²) >= 11 is 0.765. The van der Waals surface area contributed by atoms with Gasteiger partial charge in [0.1, 0.15) is 5.69 Å². The molecule has 2 heterocycles. The Morgan fingerprint density at radius 3 is 2.28 bits per heavy atom. The first-order chi connectivity index (χ1) is 18.0. The van der Waals surface area contributed by atoms with Gasteiger partial charge in [-0.15, -0.1) is 11.3 Å². The number of aryl methyl sites for hydroxylation is 1. The Morgan fingerprint density at radius 1 is 1.15 bits per heavy atom. The summed E-state index contributed by atoms with van der Waals surface area (Å²) in [7, 11) is 0. The molecule has 1 atom stereocenters. The fourth-order valence-electron chi connectivity index (χ4n) is 4.83. The molecule has 2 fully saturated rings. The van der Waals surface area contributed by atoms with Gasteiger partial charge >= 0.3 is 12.4 Å². The first-order valence-electron chi connectivity index (χ1n) is 12.3. The summed E-state index contributed by atoms with van der Waals surface area (Å²) in [6, 6.07) is 1.88. The van der Waals surface area contributed by atoms with Crippen molar-refractivity contribution in [3.63, 3.8) is 0 Å². The Hall–Kier alpha value is -2.71. The summed E-state index contributed by atoms with van der Waals surface area (Å²) in [5.74, 6) is -1.19. The van der Waals surface area contributed by atoms with E-state index in [1.807, 2.05) is 6.92 Å². The van der Waals surface area contributed by atoms with Crippen LogP contribution in [0.5, 0.6) is 0 Å². The Kier molecular flexibility index (Phi) is 7.54. The average Bonchev–Trinajstić information content (AvgIpc) is 3.45. The topological polar surface area (TPSA) is 103 Å². The molecule has 214 valence electrons. The molecule has 2 aromatic rings. The molecule has 0 bridgehead atoms. The molecule has 1 aromatic carbocycles. The number of hydrogen-bond acceptors (Lipinski definition) is 6. The van der Waals surface area contributed by atoms with E-state index in [4.69, 9.17) is 0 Å². The molecule has 7 nitrogen and oxygen atoms in total. The van der Waals surface area contributed by atoms with E-state index in [2.05, 4.69) is 10.3 Å². The minimum atomic E-state index is -6.05. The minimum absolute atomic E-state index is 0.0334. The van der Waals surface area contributed by atoms with Crippen LogP contribution in [0.4, 0.5) is 26.3 Å². The molecule has 3 N–H and O–H groups in total. The number of carbonyl (C=O) groups excluding carboxylic acids is 2. The van der Waals surface area contributed by atoms with Crippen LogP contribution in [0.1, 0.15) is 70.4 Å². The zero-order chi connectivity index (χ0) is 29.0. The fraction of sp³-hybridized carbons (Fsp3) is 0.560. The van der Waals surface area contributed by atoms with Crippen molar-refractivity contribution in [3.05, 3.63) is 40.0 Å². The van der Waals surface area contributed by atoms with Crippen molar-refractivity contribution in [1.82, 2.24) is 15.2 Å². The maximum Gasteiger partial charge on any atom is 0.430 e. The molecule has 0 radical (unpaired) electrons. The summed E-state index contributed by atoms with van der Waals surface area (Å²) in [5, 5.41) is 22.5. The third-order valence-electron chi connectivity index (χ3n) is 7.41. The van der Waals surface area contributed by atoms with Gasteiger partial charge in [0.2, 0.25) is 0 Å². The predicted molar refractivity (Wildman–Crippen MR) is 129 cm³/mol. The molecular formula is C25H27F6N3O4S. The zero-order valence-corrected chi connectivity index (χ0v) is 21.9. The van der Waals surface area contributed by atoms with Gasteiger partial charge in [0.15, 0.2) is 5.01 Å². The quantitative estimate of drug-likeness (QED) is 0.431. The number of aromatic nitrogens is 1. The lowest BCUT2D eigenvalue weighted by atomic mass is 9.80. The lowest BCUT2D eigenvalue weighted by Gasteiger charge is -2.36. The largest absolute Gasteiger partial charge is 0.430 e. The van der Waals surface area contributed by atoms with Gasteiger partial charge in [-0.25, -0.2) is 4.98 Å². The molecule has 1 aliphatic heterocycles. The fourth-order valence-corrected chi connectivity index (χ4v) is 5.89. The normalized spacial score (nSPS) is 19.6. The highest BCUT2D eigenvalue weighted by Gasteiger charge is 2.71. The van der Waals surface area contributed by atoms with Crippen molar-refractivity contribution < 1.29 is 46.1 Å².